The topological polar surface area (TPSA) is 29.5 Å². The Morgan fingerprint density at radius 2 is 1.87 bits per heavy atom. The van der Waals surface area contributed by atoms with Gasteiger partial charge in [0.05, 0.1) is 6.10 Å². The first-order valence-corrected chi connectivity index (χ1v) is 8.97. The second-order valence-electron chi connectivity index (χ2n) is 6.33. The average molecular weight is 230 g/mol. The van der Waals surface area contributed by atoms with E-state index < -0.39 is 8.32 Å². The molecule has 1 saturated carbocycles. The largest absolute Gasteiger partial charge is 0.416 e. The van der Waals surface area contributed by atoms with Crippen molar-refractivity contribution in [3.63, 3.8) is 0 Å². The van der Waals surface area contributed by atoms with Crippen LogP contribution < -0.4 is 0 Å². The molecular weight excluding hydrogens is 204 g/mol. The standard InChI is InChI=1S/C12H26O2Si/c1-12(2,3)15(4,5)14-9-10-7-6-8-11(10)13/h10-11,13H,6-9H2,1-5H3/t10-,11+/m0/s1. The van der Waals surface area contributed by atoms with E-state index in [0.29, 0.717) is 5.92 Å². The zero-order valence-electron chi connectivity index (χ0n) is 10.8. The van der Waals surface area contributed by atoms with Crippen molar-refractivity contribution in [1.82, 2.24) is 0 Å². The highest BCUT2D eigenvalue weighted by atomic mass is 28.4. The van der Waals surface area contributed by atoms with Gasteiger partial charge in [0.1, 0.15) is 0 Å². The van der Waals surface area contributed by atoms with Crippen molar-refractivity contribution in [1.29, 1.82) is 0 Å². The van der Waals surface area contributed by atoms with Gasteiger partial charge in [-0.2, -0.15) is 0 Å². The van der Waals surface area contributed by atoms with Crippen LogP contribution in [-0.2, 0) is 4.43 Å². The summed E-state index contributed by atoms with van der Waals surface area (Å²) in [5.74, 6) is 0.388. The molecule has 90 valence electrons. The third-order valence-electron chi connectivity index (χ3n) is 4.08. The highest BCUT2D eigenvalue weighted by Gasteiger charge is 2.38. The summed E-state index contributed by atoms with van der Waals surface area (Å²) in [5.41, 5.74) is 0. The summed E-state index contributed by atoms with van der Waals surface area (Å²) in [6, 6.07) is 0. The van der Waals surface area contributed by atoms with Gasteiger partial charge < -0.3 is 9.53 Å². The predicted octanol–water partition coefficient (Wildman–Crippen LogP) is 3.17. The van der Waals surface area contributed by atoms with E-state index in [1.54, 1.807) is 0 Å². The smallest absolute Gasteiger partial charge is 0.191 e. The summed E-state index contributed by atoms with van der Waals surface area (Å²) in [5, 5.41) is 10.00. The summed E-state index contributed by atoms with van der Waals surface area (Å²) in [4.78, 5) is 0. The molecule has 0 spiro atoms. The zero-order valence-corrected chi connectivity index (χ0v) is 11.8. The van der Waals surface area contributed by atoms with Crippen LogP contribution in [0.1, 0.15) is 40.0 Å². The molecule has 1 rings (SSSR count). The van der Waals surface area contributed by atoms with Gasteiger partial charge in [-0.25, -0.2) is 0 Å². The third-order valence-corrected chi connectivity index (χ3v) is 8.58. The minimum Gasteiger partial charge on any atom is -0.416 e. The molecule has 0 heterocycles. The molecular formula is C12H26O2Si. The van der Waals surface area contributed by atoms with Gasteiger partial charge in [-0.15, -0.1) is 0 Å². The number of aliphatic hydroxyl groups excluding tert-OH is 1. The summed E-state index contributed by atoms with van der Waals surface area (Å²) in [7, 11) is -1.61. The molecule has 0 aromatic rings. The van der Waals surface area contributed by atoms with Gasteiger partial charge in [0.2, 0.25) is 0 Å². The molecule has 1 aliphatic rings. The fourth-order valence-electron chi connectivity index (χ4n) is 1.74. The van der Waals surface area contributed by atoms with Crippen molar-refractivity contribution in [2.75, 3.05) is 6.61 Å². The molecule has 0 radical (unpaired) electrons. The first-order valence-electron chi connectivity index (χ1n) is 6.06. The molecule has 0 aromatic carbocycles. The Kier molecular flexibility index (Phi) is 4.01. The Morgan fingerprint density at radius 3 is 2.27 bits per heavy atom. The Labute approximate surface area is 95.2 Å². The quantitative estimate of drug-likeness (QED) is 0.755. The summed E-state index contributed by atoms with van der Waals surface area (Å²) >= 11 is 0. The fourth-order valence-corrected chi connectivity index (χ4v) is 2.81. The van der Waals surface area contributed by atoms with E-state index in [9.17, 15) is 5.11 Å². The maximum absolute atomic E-state index is 9.72. The van der Waals surface area contributed by atoms with Crippen LogP contribution in [0.25, 0.3) is 0 Å². The second-order valence-corrected chi connectivity index (χ2v) is 11.1. The molecule has 0 aliphatic heterocycles. The highest BCUT2D eigenvalue weighted by molar-refractivity contribution is 6.74. The van der Waals surface area contributed by atoms with Gasteiger partial charge in [0.25, 0.3) is 0 Å². The molecule has 0 bridgehead atoms. The SMILES string of the molecule is CC(C)(C)[Si](C)(C)OC[C@@H]1CCC[C@H]1O. The second kappa shape index (κ2) is 4.56. The van der Waals surface area contributed by atoms with Crippen molar-refractivity contribution < 1.29 is 9.53 Å². The van der Waals surface area contributed by atoms with Crippen LogP contribution in [0.4, 0.5) is 0 Å². The molecule has 0 aromatic heterocycles. The van der Waals surface area contributed by atoms with Crippen molar-refractivity contribution in [3.8, 4) is 0 Å². The van der Waals surface area contributed by atoms with Crippen LogP contribution in [0.5, 0.6) is 0 Å². The lowest BCUT2D eigenvalue weighted by molar-refractivity contribution is 0.0939. The first-order chi connectivity index (χ1) is 6.74. The molecule has 3 heteroatoms. The van der Waals surface area contributed by atoms with E-state index in [2.05, 4.69) is 33.9 Å². The molecule has 0 unspecified atom stereocenters. The molecule has 1 fully saturated rings. The zero-order chi connectivity index (χ0) is 11.7. The Hall–Kier alpha value is 0.137. The van der Waals surface area contributed by atoms with Gasteiger partial charge >= 0.3 is 0 Å². The fraction of sp³-hybridized carbons (Fsp3) is 1.00. The number of hydrogen-bond donors (Lipinski definition) is 1. The first kappa shape index (κ1) is 13.2. The van der Waals surface area contributed by atoms with Crippen molar-refractivity contribution in [2.24, 2.45) is 5.92 Å². The van der Waals surface area contributed by atoms with Crippen molar-refractivity contribution in [3.05, 3.63) is 0 Å². The minimum absolute atomic E-state index is 0.116. The van der Waals surface area contributed by atoms with Crippen LogP contribution in [0, 0.1) is 5.92 Å². The average Bonchev–Trinajstić information content (AvgIpc) is 2.46. The molecule has 1 N–H and O–H groups in total. The lowest BCUT2D eigenvalue weighted by Gasteiger charge is -2.37. The highest BCUT2D eigenvalue weighted by Crippen LogP contribution is 2.37. The molecule has 1 aliphatic carbocycles. The predicted molar refractivity (Wildman–Crippen MR) is 66.5 cm³/mol. The van der Waals surface area contributed by atoms with Crippen molar-refractivity contribution >= 4 is 8.32 Å². The van der Waals surface area contributed by atoms with E-state index in [0.717, 1.165) is 25.9 Å². The van der Waals surface area contributed by atoms with Gasteiger partial charge in [-0.05, 0) is 31.0 Å². The van der Waals surface area contributed by atoms with Gasteiger partial charge in [0.15, 0.2) is 8.32 Å². The van der Waals surface area contributed by atoms with E-state index in [1.165, 1.54) is 0 Å². The van der Waals surface area contributed by atoms with Crippen LogP contribution in [0.2, 0.25) is 18.1 Å². The maximum Gasteiger partial charge on any atom is 0.191 e. The van der Waals surface area contributed by atoms with E-state index in [1.807, 2.05) is 0 Å². The van der Waals surface area contributed by atoms with Crippen LogP contribution in [-0.4, -0.2) is 26.1 Å². The molecule has 2 atom stereocenters. The van der Waals surface area contributed by atoms with Crippen LogP contribution >= 0.6 is 0 Å². The van der Waals surface area contributed by atoms with E-state index in [4.69, 9.17) is 4.43 Å². The van der Waals surface area contributed by atoms with Crippen LogP contribution in [0.3, 0.4) is 0 Å². The number of rotatable bonds is 3. The maximum atomic E-state index is 9.72. The van der Waals surface area contributed by atoms with Crippen LogP contribution in [0.15, 0.2) is 0 Å². The third kappa shape index (κ3) is 3.30. The van der Waals surface area contributed by atoms with Gasteiger partial charge in [-0.3, -0.25) is 0 Å². The Balaban J connectivity index is 2.42. The minimum atomic E-state index is -1.61. The normalized spacial score (nSPS) is 28.4. The molecule has 0 amide bonds. The Bertz CT molecular complexity index is 208. The van der Waals surface area contributed by atoms with E-state index in [-0.39, 0.29) is 11.1 Å². The molecule has 0 saturated heterocycles. The number of aliphatic hydroxyl groups is 1. The molecule has 2 nitrogen and oxygen atoms in total. The monoisotopic (exact) mass is 230 g/mol. The summed E-state index contributed by atoms with van der Waals surface area (Å²) in [6.45, 7) is 12.1. The van der Waals surface area contributed by atoms with Gasteiger partial charge in [-0.1, -0.05) is 27.2 Å². The van der Waals surface area contributed by atoms with Crippen molar-refractivity contribution in [2.45, 2.75) is 64.3 Å². The number of hydrogen-bond acceptors (Lipinski definition) is 2. The van der Waals surface area contributed by atoms with E-state index >= 15 is 0 Å². The Morgan fingerprint density at radius 1 is 1.27 bits per heavy atom. The lowest BCUT2D eigenvalue weighted by Crippen LogP contribution is -2.42. The summed E-state index contributed by atoms with van der Waals surface area (Å²) < 4.78 is 6.13. The molecule has 15 heavy (non-hydrogen) atoms. The lowest BCUT2D eigenvalue weighted by atomic mass is 10.1. The summed E-state index contributed by atoms with van der Waals surface area (Å²) in [6.07, 6.45) is 3.14. The van der Waals surface area contributed by atoms with Gasteiger partial charge in [0, 0.05) is 12.5 Å².